The van der Waals surface area contributed by atoms with Crippen molar-refractivity contribution in [3.8, 4) is 0 Å². The Labute approximate surface area is 116 Å². The maximum absolute atomic E-state index is 12.0. The number of morpholine rings is 1. The Bertz CT molecular complexity index is 358. The summed E-state index contributed by atoms with van der Waals surface area (Å²) in [6.45, 7) is 4.39. The highest BCUT2D eigenvalue weighted by molar-refractivity contribution is 7.80. The summed E-state index contributed by atoms with van der Waals surface area (Å²) >= 11 is 17.1. The van der Waals surface area contributed by atoms with Crippen LogP contribution in [0.25, 0.3) is 0 Å². The van der Waals surface area contributed by atoms with E-state index in [1.807, 2.05) is 4.90 Å². The van der Waals surface area contributed by atoms with Crippen molar-refractivity contribution >= 4 is 46.4 Å². The number of hydrogen-bond donors (Lipinski definition) is 1. The molecule has 96 valence electrons. The van der Waals surface area contributed by atoms with Crippen LogP contribution in [0.5, 0.6) is 0 Å². The van der Waals surface area contributed by atoms with Gasteiger partial charge in [0, 0.05) is 13.1 Å². The summed E-state index contributed by atoms with van der Waals surface area (Å²) in [6, 6.07) is 0. The first-order chi connectivity index (χ1) is 7.87. The van der Waals surface area contributed by atoms with Crippen molar-refractivity contribution in [3.63, 3.8) is 0 Å². The minimum atomic E-state index is -0.961. The smallest absolute Gasteiger partial charge is 0.235 e. The molecule has 0 aromatic carbocycles. The van der Waals surface area contributed by atoms with E-state index in [0.29, 0.717) is 37.8 Å². The van der Waals surface area contributed by atoms with Crippen molar-refractivity contribution in [3.05, 3.63) is 0 Å². The van der Waals surface area contributed by atoms with Gasteiger partial charge in [-0.1, -0.05) is 0 Å². The minimum Gasteiger partial charge on any atom is -0.378 e. The molecular weight excluding hydrogens is 283 g/mol. The third-order valence-corrected chi connectivity index (χ3v) is 4.74. The summed E-state index contributed by atoms with van der Waals surface area (Å²) in [5.41, 5.74) is -0.730. The predicted octanol–water partition coefficient (Wildman–Crippen LogP) is 1.30. The van der Waals surface area contributed by atoms with Gasteiger partial charge >= 0.3 is 0 Å². The van der Waals surface area contributed by atoms with E-state index in [1.54, 1.807) is 6.92 Å². The molecule has 1 aliphatic carbocycles. The van der Waals surface area contributed by atoms with Gasteiger partial charge in [0.05, 0.1) is 18.6 Å². The second-order valence-electron chi connectivity index (χ2n) is 4.57. The first-order valence-corrected chi connectivity index (χ1v) is 6.59. The number of hydrogen-bond acceptors (Lipinski definition) is 3. The molecule has 0 spiro atoms. The standard InChI is InChI=1S/C10H14Cl2N2O2S/c1-9(6-10(9,11)12)7(15)13-8(17)14-2-4-16-5-3-14/h2-6H2,1H3,(H,13,15,17)/t9-/m1/s1. The Morgan fingerprint density at radius 1 is 1.41 bits per heavy atom. The quantitative estimate of drug-likeness (QED) is 0.585. The van der Waals surface area contributed by atoms with E-state index in [9.17, 15) is 4.79 Å². The van der Waals surface area contributed by atoms with Gasteiger partial charge in [-0.15, -0.1) is 23.2 Å². The van der Waals surface area contributed by atoms with Crippen molar-refractivity contribution in [2.75, 3.05) is 26.3 Å². The number of rotatable bonds is 1. The lowest BCUT2D eigenvalue weighted by Crippen LogP contribution is -2.49. The zero-order chi connectivity index (χ0) is 12.7. The van der Waals surface area contributed by atoms with Crippen LogP contribution >= 0.6 is 35.4 Å². The molecule has 0 aromatic heterocycles. The van der Waals surface area contributed by atoms with E-state index in [0.717, 1.165) is 0 Å². The molecule has 0 bridgehead atoms. The lowest BCUT2D eigenvalue weighted by Gasteiger charge is -2.29. The average Bonchev–Trinajstić information content (AvgIpc) is 2.81. The van der Waals surface area contributed by atoms with Gasteiger partial charge < -0.3 is 15.0 Å². The van der Waals surface area contributed by atoms with E-state index in [4.69, 9.17) is 40.2 Å². The van der Waals surface area contributed by atoms with Crippen LogP contribution in [0.1, 0.15) is 13.3 Å². The lowest BCUT2D eigenvalue weighted by atomic mass is 10.1. The van der Waals surface area contributed by atoms with Crippen molar-refractivity contribution in [2.45, 2.75) is 17.7 Å². The number of alkyl halides is 2. The maximum atomic E-state index is 12.0. The number of halogens is 2. The normalized spacial score (nSPS) is 30.9. The summed E-state index contributed by atoms with van der Waals surface area (Å²) in [5, 5.41) is 3.13. The van der Waals surface area contributed by atoms with Gasteiger partial charge in [-0.05, 0) is 25.6 Å². The highest BCUT2D eigenvalue weighted by atomic mass is 35.5. The highest BCUT2D eigenvalue weighted by Crippen LogP contribution is 2.63. The van der Waals surface area contributed by atoms with Crippen LogP contribution in [0.15, 0.2) is 0 Å². The highest BCUT2D eigenvalue weighted by Gasteiger charge is 2.68. The second kappa shape index (κ2) is 4.53. The topological polar surface area (TPSA) is 41.6 Å². The Hall–Kier alpha value is -0.100. The molecule has 1 saturated carbocycles. The summed E-state index contributed by atoms with van der Waals surface area (Å²) < 4.78 is 4.25. The zero-order valence-corrected chi connectivity index (χ0v) is 11.8. The van der Waals surface area contributed by atoms with E-state index < -0.39 is 9.75 Å². The number of ether oxygens (including phenoxy) is 1. The fourth-order valence-corrected chi connectivity index (χ4v) is 2.71. The van der Waals surface area contributed by atoms with Crippen LogP contribution in [-0.2, 0) is 9.53 Å². The largest absolute Gasteiger partial charge is 0.378 e. The number of nitrogens with one attached hydrogen (secondary N) is 1. The molecule has 7 heteroatoms. The Morgan fingerprint density at radius 2 is 1.94 bits per heavy atom. The molecule has 1 atom stereocenters. The van der Waals surface area contributed by atoms with Crippen LogP contribution < -0.4 is 5.32 Å². The van der Waals surface area contributed by atoms with Crippen LogP contribution in [0.4, 0.5) is 0 Å². The average molecular weight is 297 g/mol. The van der Waals surface area contributed by atoms with Gasteiger partial charge in [0.2, 0.25) is 5.91 Å². The zero-order valence-electron chi connectivity index (χ0n) is 9.46. The number of carbonyl (C=O) groups excluding carboxylic acids is 1. The number of thiocarbonyl (C=S) groups is 1. The SMILES string of the molecule is C[C@]1(C(=O)NC(=S)N2CCOCC2)CC1(Cl)Cl. The third-order valence-electron chi connectivity index (χ3n) is 3.28. The number of nitrogens with zero attached hydrogens (tertiary/aromatic N) is 1. The molecule has 2 aliphatic rings. The molecule has 2 fully saturated rings. The van der Waals surface area contributed by atoms with E-state index in [2.05, 4.69) is 5.32 Å². The number of amides is 1. The Kier molecular flexibility index (Phi) is 3.56. The fraction of sp³-hybridized carbons (Fsp3) is 0.800. The summed E-state index contributed by atoms with van der Waals surface area (Å²) in [5.74, 6) is -0.209. The van der Waals surface area contributed by atoms with Gasteiger partial charge in [-0.2, -0.15) is 0 Å². The Morgan fingerprint density at radius 3 is 2.41 bits per heavy atom. The first-order valence-electron chi connectivity index (χ1n) is 5.43. The first kappa shape index (κ1) is 13.3. The van der Waals surface area contributed by atoms with Gasteiger partial charge in [0.25, 0.3) is 0 Å². The van der Waals surface area contributed by atoms with Crippen molar-refractivity contribution in [2.24, 2.45) is 5.41 Å². The van der Waals surface area contributed by atoms with Crippen LogP contribution in [0.2, 0.25) is 0 Å². The molecule has 1 saturated heterocycles. The van der Waals surface area contributed by atoms with Crippen molar-refractivity contribution in [1.82, 2.24) is 10.2 Å². The summed E-state index contributed by atoms with van der Waals surface area (Å²) in [6.07, 6.45) is 0.459. The summed E-state index contributed by atoms with van der Waals surface area (Å²) in [7, 11) is 0. The molecule has 17 heavy (non-hydrogen) atoms. The van der Waals surface area contributed by atoms with E-state index in [-0.39, 0.29) is 5.91 Å². The monoisotopic (exact) mass is 296 g/mol. The van der Waals surface area contributed by atoms with Crippen molar-refractivity contribution in [1.29, 1.82) is 0 Å². The van der Waals surface area contributed by atoms with Gasteiger partial charge in [-0.25, -0.2) is 0 Å². The molecule has 1 N–H and O–H groups in total. The van der Waals surface area contributed by atoms with Crippen molar-refractivity contribution < 1.29 is 9.53 Å². The second-order valence-corrected chi connectivity index (χ2v) is 6.44. The van der Waals surface area contributed by atoms with Crippen LogP contribution in [0, 0.1) is 5.41 Å². The number of carbonyl (C=O) groups is 1. The molecule has 1 amide bonds. The van der Waals surface area contributed by atoms with Gasteiger partial charge in [0.1, 0.15) is 4.33 Å². The molecule has 2 rings (SSSR count). The van der Waals surface area contributed by atoms with Gasteiger partial charge in [-0.3, -0.25) is 4.79 Å². The van der Waals surface area contributed by atoms with E-state index in [1.165, 1.54) is 0 Å². The van der Waals surface area contributed by atoms with Gasteiger partial charge in [0.15, 0.2) is 5.11 Å². The van der Waals surface area contributed by atoms with Crippen LogP contribution in [-0.4, -0.2) is 46.6 Å². The molecule has 1 heterocycles. The lowest BCUT2D eigenvalue weighted by molar-refractivity contribution is -0.124. The Balaban J connectivity index is 1.89. The third kappa shape index (κ3) is 2.52. The molecule has 0 unspecified atom stereocenters. The molecule has 4 nitrogen and oxygen atoms in total. The molecule has 1 aliphatic heterocycles. The predicted molar refractivity (Wildman–Crippen MR) is 70.3 cm³/mol. The maximum Gasteiger partial charge on any atom is 0.235 e. The van der Waals surface area contributed by atoms with E-state index >= 15 is 0 Å². The molecule has 0 radical (unpaired) electrons. The fourth-order valence-electron chi connectivity index (χ4n) is 1.73. The molecule has 0 aromatic rings. The minimum absolute atomic E-state index is 0.209. The summed E-state index contributed by atoms with van der Waals surface area (Å²) in [4.78, 5) is 13.9. The molecular formula is C10H14Cl2N2O2S. The van der Waals surface area contributed by atoms with Crippen LogP contribution in [0.3, 0.4) is 0 Å².